The van der Waals surface area contributed by atoms with Crippen molar-refractivity contribution < 1.29 is 13.2 Å². The van der Waals surface area contributed by atoms with E-state index in [4.69, 9.17) is 11.6 Å². The minimum absolute atomic E-state index is 0.0137. The van der Waals surface area contributed by atoms with Crippen molar-refractivity contribution in [3.63, 3.8) is 0 Å². The highest BCUT2D eigenvalue weighted by Gasteiger charge is 2.36. The van der Waals surface area contributed by atoms with Crippen LogP contribution in [0.4, 0.5) is 13.2 Å². The first-order chi connectivity index (χ1) is 9.40. The third kappa shape index (κ3) is 3.95. The Morgan fingerprint density at radius 3 is 2.40 bits per heavy atom. The van der Waals surface area contributed by atoms with Crippen LogP contribution in [0.5, 0.6) is 0 Å². The molecule has 0 spiro atoms. The van der Waals surface area contributed by atoms with E-state index in [0.717, 1.165) is 19.3 Å². The van der Waals surface area contributed by atoms with Gasteiger partial charge in [0, 0.05) is 10.3 Å². The van der Waals surface area contributed by atoms with Crippen LogP contribution in [0.2, 0.25) is 5.02 Å². The maximum Gasteiger partial charge on any atom is 0.416 e. The van der Waals surface area contributed by atoms with E-state index in [0.29, 0.717) is 10.3 Å². The van der Waals surface area contributed by atoms with Gasteiger partial charge in [0.1, 0.15) is 0 Å². The van der Waals surface area contributed by atoms with Gasteiger partial charge >= 0.3 is 6.18 Å². The van der Waals surface area contributed by atoms with Gasteiger partial charge in [-0.2, -0.15) is 24.9 Å². The summed E-state index contributed by atoms with van der Waals surface area (Å²) in [5.41, 5.74) is -0.351. The van der Waals surface area contributed by atoms with Crippen LogP contribution >= 0.6 is 23.4 Å². The van der Waals surface area contributed by atoms with Crippen molar-refractivity contribution in [2.45, 2.75) is 30.7 Å². The van der Waals surface area contributed by atoms with Gasteiger partial charge in [-0.05, 0) is 49.1 Å². The Kier molecular flexibility index (Phi) is 5.08. The molecule has 1 aliphatic carbocycles. The summed E-state index contributed by atoms with van der Waals surface area (Å²) in [5.74, 6) is 0.0137. The predicted molar refractivity (Wildman–Crippen MR) is 80.1 cm³/mol. The molecule has 20 heavy (non-hydrogen) atoms. The van der Waals surface area contributed by atoms with Gasteiger partial charge in [-0.3, -0.25) is 0 Å². The topological polar surface area (TPSA) is 0 Å². The molecule has 110 valence electrons. The molecule has 1 aliphatic rings. The Morgan fingerprint density at radius 1 is 1.25 bits per heavy atom. The average Bonchev–Trinajstić information content (AvgIpc) is 2.84. The van der Waals surface area contributed by atoms with Crippen LogP contribution < -0.4 is 0 Å². The summed E-state index contributed by atoms with van der Waals surface area (Å²) >= 11 is 7.48. The molecule has 1 saturated carbocycles. The van der Waals surface area contributed by atoms with E-state index in [1.807, 2.05) is 6.26 Å². The fourth-order valence-corrected chi connectivity index (χ4v) is 3.50. The Balaban J connectivity index is 2.27. The number of alkyl halides is 3. The molecule has 0 aliphatic heterocycles. The quantitative estimate of drug-likeness (QED) is 0.676. The Bertz CT molecular complexity index is 479. The second-order valence-corrected chi connectivity index (χ2v) is 6.59. The molecule has 0 heterocycles. The maximum absolute atomic E-state index is 13.2. The molecule has 2 atom stereocenters. The van der Waals surface area contributed by atoms with E-state index in [1.54, 1.807) is 11.8 Å². The molecular weight excluding hydrogens is 305 g/mol. The highest BCUT2D eigenvalue weighted by atomic mass is 35.5. The maximum atomic E-state index is 13.2. The van der Waals surface area contributed by atoms with Crippen LogP contribution in [0.25, 0.3) is 5.57 Å². The van der Waals surface area contributed by atoms with Crippen LogP contribution in [-0.4, -0.2) is 17.7 Å². The van der Waals surface area contributed by atoms with Crippen LogP contribution in [0.15, 0.2) is 30.3 Å². The largest absolute Gasteiger partial charge is 0.416 e. The van der Waals surface area contributed by atoms with Gasteiger partial charge in [-0.1, -0.05) is 29.8 Å². The third-order valence-electron chi connectivity index (χ3n) is 3.62. The Morgan fingerprint density at radius 2 is 1.90 bits per heavy atom. The van der Waals surface area contributed by atoms with Gasteiger partial charge in [0.05, 0.1) is 5.57 Å². The lowest BCUT2D eigenvalue weighted by molar-refractivity contribution is -0.0692. The summed E-state index contributed by atoms with van der Waals surface area (Å²) in [7, 11) is 0. The summed E-state index contributed by atoms with van der Waals surface area (Å²) < 4.78 is 39.7. The molecule has 1 fully saturated rings. The molecule has 1 aromatic carbocycles. The first kappa shape index (κ1) is 15.8. The Labute approximate surface area is 126 Å². The molecule has 0 aromatic heterocycles. The zero-order valence-electron chi connectivity index (χ0n) is 11.1. The SMILES string of the molecule is CSC1CCC(/C=C(/c2ccc(Cl)cc2)C(F)(F)F)C1. The zero-order valence-corrected chi connectivity index (χ0v) is 12.7. The standard InChI is InChI=1S/C15H16ClF3S/c1-20-13-7-2-10(8-13)9-14(15(17,18)19)11-3-5-12(16)6-4-11/h3-6,9-10,13H,2,7-8H2,1H3/b14-9-. The highest BCUT2D eigenvalue weighted by molar-refractivity contribution is 7.99. The predicted octanol–water partition coefficient (Wildman–Crippen LogP) is 5.82. The van der Waals surface area contributed by atoms with Crippen molar-refractivity contribution in [3.05, 3.63) is 40.9 Å². The second-order valence-electron chi connectivity index (χ2n) is 5.02. The normalized spacial score (nSPS) is 24.1. The highest BCUT2D eigenvalue weighted by Crippen LogP contribution is 2.40. The number of hydrogen-bond donors (Lipinski definition) is 0. The number of halogens is 4. The zero-order chi connectivity index (χ0) is 14.8. The van der Waals surface area contributed by atoms with Gasteiger partial charge in [0.25, 0.3) is 0 Å². The lowest BCUT2D eigenvalue weighted by Crippen LogP contribution is -2.12. The van der Waals surface area contributed by atoms with Crippen molar-refractivity contribution in [1.29, 1.82) is 0 Å². The van der Waals surface area contributed by atoms with Crippen LogP contribution in [-0.2, 0) is 0 Å². The molecule has 1 aromatic rings. The third-order valence-corrected chi connectivity index (χ3v) is 4.97. The van der Waals surface area contributed by atoms with E-state index >= 15 is 0 Å². The van der Waals surface area contributed by atoms with Crippen molar-refractivity contribution in [2.24, 2.45) is 5.92 Å². The number of benzene rings is 1. The second kappa shape index (κ2) is 6.44. The summed E-state index contributed by atoms with van der Waals surface area (Å²) in [6.07, 6.45) is 1.74. The molecule has 0 bridgehead atoms. The molecule has 0 amide bonds. The number of allylic oxidation sites excluding steroid dienone is 2. The Hall–Kier alpha value is -0.610. The van der Waals surface area contributed by atoms with E-state index in [-0.39, 0.29) is 11.5 Å². The minimum Gasteiger partial charge on any atom is -0.166 e. The smallest absolute Gasteiger partial charge is 0.166 e. The molecule has 0 saturated heterocycles. The summed E-state index contributed by atoms with van der Waals surface area (Å²) in [4.78, 5) is 0. The van der Waals surface area contributed by atoms with Gasteiger partial charge in [0.2, 0.25) is 0 Å². The number of rotatable bonds is 3. The molecule has 5 heteroatoms. The van der Waals surface area contributed by atoms with Gasteiger partial charge in [-0.15, -0.1) is 0 Å². The van der Waals surface area contributed by atoms with Crippen molar-refractivity contribution in [2.75, 3.05) is 6.26 Å². The number of hydrogen-bond acceptors (Lipinski definition) is 1. The fraction of sp³-hybridized carbons (Fsp3) is 0.467. The summed E-state index contributed by atoms with van der Waals surface area (Å²) in [6, 6.07) is 5.86. The summed E-state index contributed by atoms with van der Waals surface area (Å²) in [6.45, 7) is 0. The molecule has 2 rings (SSSR count). The van der Waals surface area contributed by atoms with E-state index in [9.17, 15) is 13.2 Å². The van der Waals surface area contributed by atoms with Crippen LogP contribution in [0, 0.1) is 5.92 Å². The van der Waals surface area contributed by atoms with Gasteiger partial charge < -0.3 is 0 Å². The first-order valence-electron chi connectivity index (χ1n) is 6.48. The van der Waals surface area contributed by atoms with Crippen LogP contribution in [0.3, 0.4) is 0 Å². The van der Waals surface area contributed by atoms with E-state index in [2.05, 4.69) is 0 Å². The molecule has 0 N–H and O–H groups in total. The molecule has 0 nitrogen and oxygen atoms in total. The van der Waals surface area contributed by atoms with E-state index < -0.39 is 11.7 Å². The van der Waals surface area contributed by atoms with Crippen molar-refractivity contribution in [3.8, 4) is 0 Å². The van der Waals surface area contributed by atoms with Crippen molar-refractivity contribution in [1.82, 2.24) is 0 Å². The minimum atomic E-state index is -4.33. The first-order valence-corrected chi connectivity index (χ1v) is 8.14. The fourth-order valence-electron chi connectivity index (χ4n) is 2.56. The molecule has 0 radical (unpaired) electrons. The monoisotopic (exact) mass is 320 g/mol. The summed E-state index contributed by atoms with van der Waals surface area (Å²) in [5, 5.41) is 0.925. The molecule has 2 unspecified atom stereocenters. The van der Waals surface area contributed by atoms with Gasteiger partial charge in [-0.25, -0.2) is 0 Å². The molecular formula is C15H16ClF3S. The van der Waals surface area contributed by atoms with E-state index in [1.165, 1.54) is 30.3 Å². The average molecular weight is 321 g/mol. The van der Waals surface area contributed by atoms with Gasteiger partial charge in [0.15, 0.2) is 0 Å². The van der Waals surface area contributed by atoms with Crippen LogP contribution in [0.1, 0.15) is 24.8 Å². The lowest BCUT2D eigenvalue weighted by atomic mass is 9.98. The number of thioether (sulfide) groups is 1. The van der Waals surface area contributed by atoms with Crippen molar-refractivity contribution >= 4 is 28.9 Å². The lowest BCUT2D eigenvalue weighted by Gasteiger charge is -2.15.